The highest BCUT2D eigenvalue weighted by molar-refractivity contribution is 7.20. The number of pyridine rings is 1. The van der Waals surface area contributed by atoms with E-state index in [1.807, 2.05) is 12.1 Å². The second-order valence-electron chi connectivity index (χ2n) is 6.36. The molecule has 118 valence electrons. The molecule has 4 N–H and O–H groups in total. The molecule has 0 spiro atoms. The van der Waals surface area contributed by atoms with E-state index in [-0.39, 0.29) is 0 Å². The Balaban J connectivity index is 1.68. The Labute approximate surface area is 139 Å². The highest BCUT2D eigenvalue weighted by Gasteiger charge is 2.20. The summed E-state index contributed by atoms with van der Waals surface area (Å²) >= 11 is 1.68. The highest BCUT2D eigenvalue weighted by atomic mass is 32.1. The molecule has 0 aromatic carbocycles. The summed E-state index contributed by atoms with van der Waals surface area (Å²) < 4.78 is 1.14. The molecule has 0 unspecified atom stereocenters. The van der Waals surface area contributed by atoms with Gasteiger partial charge in [0, 0.05) is 12.1 Å². The van der Waals surface area contributed by atoms with E-state index in [1.54, 1.807) is 11.3 Å². The number of nitrogens with zero attached hydrogens (tertiary/aromatic N) is 2. The average Bonchev–Trinajstić information content (AvgIpc) is 3.18. The largest absolute Gasteiger partial charge is 0.384 e. The van der Waals surface area contributed by atoms with Crippen LogP contribution in [-0.4, -0.2) is 16.9 Å². The van der Waals surface area contributed by atoms with Crippen molar-refractivity contribution >= 4 is 44.6 Å². The molecule has 2 aliphatic rings. The molecule has 1 aliphatic carbocycles. The van der Waals surface area contributed by atoms with Gasteiger partial charge in [-0.25, -0.2) is 4.98 Å². The molecule has 0 radical (unpaired) electrons. The maximum atomic E-state index is 6.00. The number of hydrazone groups is 1. The van der Waals surface area contributed by atoms with E-state index in [9.17, 15) is 0 Å². The molecule has 0 amide bonds. The molecular weight excluding hydrogens is 306 g/mol. The Hall–Kier alpha value is -2.26. The molecule has 1 saturated carbocycles. The van der Waals surface area contributed by atoms with Gasteiger partial charge in [0.25, 0.3) is 0 Å². The van der Waals surface area contributed by atoms with Gasteiger partial charge in [-0.15, -0.1) is 16.4 Å². The second kappa shape index (κ2) is 5.74. The molecule has 23 heavy (non-hydrogen) atoms. The lowest BCUT2D eigenvalue weighted by Crippen LogP contribution is -2.25. The van der Waals surface area contributed by atoms with Crippen molar-refractivity contribution in [2.24, 2.45) is 11.0 Å². The molecule has 0 bridgehead atoms. The van der Waals surface area contributed by atoms with Crippen molar-refractivity contribution < 1.29 is 0 Å². The predicted octanol–water partition coefficient (Wildman–Crippen LogP) is 3.55. The summed E-state index contributed by atoms with van der Waals surface area (Å²) in [6, 6.07) is 4.50. The average molecular weight is 325 g/mol. The number of aromatic nitrogens is 1. The smallest absolute Gasteiger partial charge is 0.126 e. The Morgan fingerprint density at radius 3 is 2.87 bits per heavy atom. The van der Waals surface area contributed by atoms with Crippen LogP contribution in [0.25, 0.3) is 15.9 Å². The summed E-state index contributed by atoms with van der Waals surface area (Å²) in [6.45, 7) is 2.34. The summed E-state index contributed by atoms with van der Waals surface area (Å²) in [6.07, 6.45) is 5.00. The molecule has 5 nitrogen and oxygen atoms in total. The summed E-state index contributed by atoms with van der Waals surface area (Å²) in [5, 5.41) is 7.54. The van der Waals surface area contributed by atoms with E-state index in [2.05, 4.69) is 39.4 Å². The van der Waals surface area contributed by atoms with Crippen LogP contribution in [-0.2, 0) is 0 Å². The predicted molar refractivity (Wildman–Crippen MR) is 96.6 cm³/mol. The Morgan fingerprint density at radius 1 is 1.30 bits per heavy atom. The van der Waals surface area contributed by atoms with E-state index < -0.39 is 0 Å². The van der Waals surface area contributed by atoms with E-state index in [1.165, 1.54) is 25.7 Å². The van der Waals surface area contributed by atoms with Crippen molar-refractivity contribution in [1.29, 1.82) is 0 Å². The van der Waals surface area contributed by atoms with E-state index in [0.717, 1.165) is 32.4 Å². The van der Waals surface area contributed by atoms with Crippen molar-refractivity contribution in [1.82, 2.24) is 10.4 Å². The van der Waals surface area contributed by atoms with Crippen LogP contribution in [0.1, 0.15) is 37.5 Å². The minimum absolute atomic E-state index is 0.522. The number of nitrogens with two attached hydrogens (primary N) is 1. The van der Waals surface area contributed by atoms with Crippen LogP contribution in [0.2, 0.25) is 0 Å². The number of thiophene rings is 1. The van der Waals surface area contributed by atoms with Crippen LogP contribution in [0.15, 0.2) is 23.0 Å². The zero-order valence-corrected chi connectivity index (χ0v) is 13.8. The lowest BCUT2D eigenvalue weighted by molar-refractivity contribution is 0.361. The second-order valence-corrected chi connectivity index (χ2v) is 7.41. The van der Waals surface area contributed by atoms with Gasteiger partial charge < -0.3 is 11.1 Å². The number of anilines is 2. The van der Waals surface area contributed by atoms with Gasteiger partial charge in [0.15, 0.2) is 0 Å². The van der Waals surface area contributed by atoms with Crippen LogP contribution < -0.4 is 16.5 Å². The number of fused-ring (bicyclic) bond motifs is 1. The maximum absolute atomic E-state index is 6.00. The van der Waals surface area contributed by atoms with Gasteiger partial charge in [0.05, 0.1) is 26.7 Å². The number of rotatable bonds is 3. The topological polar surface area (TPSA) is 75.3 Å². The first-order valence-corrected chi connectivity index (χ1v) is 8.81. The van der Waals surface area contributed by atoms with Gasteiger partial charge in [-0.05, 0) is 43.4 Å². The third kappa shape index (κ3) is 2.84. The van der Waals surface area contributed by atoms with Gasteiger partial charge in [-0.1, -0.05) is 6.92 Å². The lowest BCUT2D eigenvalue weighted by atomic mass is 9.87. The van der Waals surface area contributed by atoms with Gasteiger partial charge in [-0.2, -0.15) is 0 Å². The molecule has 1 aliphatic heterocycles. The van der Waals surface area contributed by atoms with Crippen molar-refractivity contribution in [3.05, 3.63) is 22.7 Å². The molecule has 6 heteroatoms. The van der Waals surface area contributed by atoms with Gasteiger partial charge in [0.2, 0.25) is 0 Å². The van der Waals surface area contributed by atoms with Crippen LogP contribution in [0.3, 0.4) is 0 Å². The first kappa shape index (κ1) is 14.3. The monoisotopic (exact) mass is 325 g/mol. The zero-order chi connectivity index (χ0) is 15.8. The molecule has 4 rings (SSSR count). The van der Waals surface area contributed by atoms with Crippen molar-refractivity contribution in [3.8, 4) is 0 Å². The number of nitrogens with one attached hydrogen (secondary N) is 2. The van der Waals surface area contributed by atoms with Crippen molar-refractivity contribution in [2.45, 2.75) is 38.6 Å². The molecule has 2 aromatic rings. The van der Waals surface area contributed by atoms with E-state index in [4.69, 9.17) is 5.73 Å². The Bertz CT molecular complexity index is 847. The van der Waals surface area contributed by atoms with Gasteiger partial charge in [-0.3, -0.25) is 5.43 Å². The maximum Gasteiger partial charge on any atom is 0.126 e. The van der Waals surface area contributed by atoms with Crippen LogP contribution in [0, 0.1) is 5.92 Å². The number of hydrogen-bond acceptors (Lipinski definition) is 6. The highest BCUT2D eigenvalue weighted by Crippen LogP contribution is 2.36. The molecular formula is C17H19N5S. The molecule has 1 fully saturated rings. The number of nitrogen functional groups attached to an aromatic ring is 1. The van der Waals surface area contributed by atoms with E-state index in [0.29, 0.717) is 11.9 Å². The Morgan fingerprint density at radius 2 is 2.13 bits per heavy atom. The molecule has 3 heterocycles. The van der Waals surface area contributed by atoms with Crippen LogP contribution in [0.5, 0.6) is 0 Å². The first-order chi connectivity index (χ1) is 11.2. The van der Waals surface area contributed by atoms with Gasteiger partial charge in [0.1, 0.15) is 11.5 Å². The summed E-state index contributed by atoms with van der Waals surface area (Å²) in [7, 11) is 0. The van der Waals surface area contributed by atoms with E-state index >= 15 is 0 Å². The zero-order valence-electron chi connectivity index (χ0n) is 13.0. The molecule has 0 saturated heterocycles. The molecule has 2 aromatic heterocycles. The third-order valence-electron chi connectivity index (χ3n) is 4.53. The minimum atomic E-state index is 0.522. The minimum Gasteiger partial charge on any atom is -0.384 e. The van der Waals surface area contributed by atoms with Crippen molar-refractivity contribution in [3.63, 3.8) is 0 Å². The number of hydrogen-bond donors (Lipinski definition) is 3. The normalized spacial score (nSPS) is 23.1. The van der Waals surface area contributed by atoms with Crippen LogP contribution in [0.4, 0.5) is 11.5 Å². The summed E-state index contributed by atoms with van der Waals surface area (Å²) in [4.78, 5) is 5.51. The standard InChI is InChI=1S/C17H19N5S/c1-10-2-4-11(5-3-10)20-14-9-16(18)21-13-8-15(23-17(13)14)12-6-7-19-22-12/h8-11,22H,2-5H2,1H3,(H3,18,20,21). The fraction of sp³-hybridized carbons (Fsp3) is 0.412. The SMILES string of the molecule is CC1CCC(Nc2cc(N)nc3cc(C4=C=C=NN4)sc23)CC1. The Kier molecular flexibility index (Phi) is 3.58. The quantitative estimate of drug-likeness (QED) is 0.754. The van der Waals surface area contributed by atoms with Crippen LogP contribution >= 0.6 is 11.3 Å². The summed E-state index contributed by atoms with van der Waals surface area (Å²) in [5.41, 5.74) is 14.7. The fourth-order valence-electron chi connectivity index (χ4n) is 3.21. The van der Waals surface area contributed by atoms with Gasteiger partial charge >= 0.3 is 0 Å². The molecule has 0 atom stereocenters. The lowest BCUT2D eigenvalue weighted by Gasteiger charge is -2.28. The van der Waals surface area contributed by atoms with Crippen molar-refractivity contribution in [2.75, 3.05) is 11.1 Å². The third-order valence-corrected chi connectivity index (χ3v) is 5.70. The first-order valence-electron chi connectivity index (χ1n) is 8.00. The summed E-state index contributed by atoms with van der Waals surface area (Å²) in [5.74, 6) is 4.08. The fourth-order valence-corrected chi connectivity index (χ4v) is 4.24.